The van der Waals surface area contributed by atoms with Gasteiger partial charge >= 0.3 is 6.03 Å². The Morgan fingerprint density at radius 2 is 1.79 bits per heavy atom. The van der Waals surface area contributed by atoms with Crippen molar-refractivity contribution in [2.24, 2.45) is 0 Å². The molecule has 0 aromatic heterocycles. The summed E-state index contributed by atoms with van der Waals surface area (Å²) in [4.78, 5) is 49.2. The highest BCUT2D eigenvalue weighted by Gasteiger charge is 2.49. The zero-order chi connectivity index (χ0) is 21.2. The van der Waals surface area contributed by atoms with Gasteiger partial charge in [-0.05, 0) is 30.7 Å². The molecule has 0 radical (unpaired) electrons. The van der Waals surface area contributed by atoms with E-state index < -0.39 is 35.8 Å². The average Bonchev–Trinajstić information content (AvgIpc) is 2.91. The van der Waals surface area contributed by atoms with Crippen molar-refractivity contribution < 1.29 is 19.2 Å². The van der Waals surface area contributed by atoms with Gasteiger partial charge in [-0.25, -0.2) is 4.79 Å². The van der Waals surface area contributed by atoms with Gasteiger partial charge in [0, 0.05) is 5.02 Å². The molecule has 1 fully saturated rings. The van der Waals surface area contributed by atoms with Gasteiger partial charge in [-0.1, -0.05) is 53.5 Å². The summed E-state index contributed by atoms with van der Waals surface area (Å²) < 4.78 is 0. The van der Waals surface area contributed by atoms with E-state index in [1.165, 1.54) is 18.2 Å². The van der Waals surface area contributed by atoms with Crippen LogP contribution in [0, 0.1) is 0 Å². The molecule has 2 aromatic rings. The van der Waals surface area contributed by atoms with Crippen LogP contribution in [0.5, 0.6) is 0 Å². The molecule has 8 nitrogen and oxygen atoms in total. The van der Waals surface area contributed by atoms with Crippen LogP contribution < -0.4 is 16.1 Å². The fourth-order valence-corrected chi connectivity index (χ4v) is 3.30. The molecule has 5 amide bonds. The lowest BCUT2D eigenvalue weighted by Gasteiger charge is -2.22. The molecule has 1 unspecified atom stereocenters. The number of carbonyl (C=O) groups excluding carboxylic acids is 4. The van der Waals surface area contributed by atoms with Crippen molar-refractivity contribution in [3.05, 3.63) is 69.7 Å². The molecule has 2 aromatic carbocycles. The number of hydrogen-bond donors (Lipinski definition) is 3. The van der Waals surface area contributed by atoms with Crippen LogP contribution in [0.4, 0.5) is 4.79 Å². The molecule has 3 N–H and O–H groups in total. The standard InChI is InChI=1S/C19H16Cl2N4O4/c1-19(11-5-3-2-4-6-11)17(28)25(18(29)23-19)24-15(26)10-22-16(27)13-8-7-12(20)9-14(13)21/h2-9H,10H2,1H3,(H,22,27)(H,23,29)(H,24,26). The Hall–Kier alpha value is -3.10. The maximum Gasteiger partial charge on any atom is 0.344 e. The Bertz CT molecular complexity index is 999. The molecule has 0 bridgehead atoms. The van der Waals surface area contributed by atoms with E-state index in [1.807, 2.05) is 0 Å². The summed E-state index contributed by atoms with van der Waals surface area (Å²) in [5.41, 5.74) is 1.59. The second-order valence-electron chi connectivity index (χ2n) is 6.40. The SMILES string of the molecule is CC1(c2ccccc2)NC(=O)N(NC(=O)CNC(=O)c2ccc(Cl)cc2Cl)C1=O. The fourth-order valence-electron chi connectivity index (χ4n) is 2.80. The zero-order valence-corrected chi connectivity index (χ0v) is 16.7. The van der Waals surface area contributed by atoms with Gasteiger partial charge in [-0.2, -0.15) is 5.01 Å². The maximum atomic E-state index is 12.7. The Labute approximate surface area is 176 Å². The molecule has 1 saturated heterocycles. The van der Waals surface area contributed by atoms with Gasteiger partial charge in [-0.15, -0.1) is 0 Å². The van der Waals surface area contributed by atoms with E-state index in [4.69, 9.17) is 23.2 Å². The van der Waals surface area contributed by atoms with Crippen LogP contribution in [0.15, 0.2) is 48.5 Å². The summed E-state index contributed by atoms with van der Waals surface area (Å²) in [6.07, 6.45) is 0. The van der Waals surface area contributed by atoms with E-state index >= 15 is 0 Å². The number of carbonyl (C=O) groups is 4. The van der Waals surface area contributed by atoms with Crippen LogP contribution in [0.25, 0.3) is 0 Å². The van der Waals surface area contributed by atoms with Crippen LogP contribution in [0.3, 0.4) is 0 Å². The van der Waals surface area contributed by atoms with Crippen LogP contribution >= 0.6 is 23.2 Å². The minimum atomic E-state index is -1.31. The molecule has 0 spiro atoms. The summed E-state index contributed by atoms with van der Waals surface area (Å²) in [6, 6.07) is 12.2. The number of amides is 5. The van der Waals surface area contributed by atoms with Crippen molar-refractivity contribution in [2.45, 2.75) is 12.5 Å². The van der Waals surface area contributed by atoms with E-state index in [0.29, 0.717) is 15.6 Å². The highest BCUT2D eigenvalue weighted by Crippen LogP contribution is 2.27. The van der Waals surface area contributed by atoms with Crippen molar-refractivity contribution in [1.82, 2.24) is 21.1 Å². The summed E-state index contributed by atoms with van der Waals surface area (Å²) >= 11 is 11.7. The second kappa shape index (κ2) is 8.10. The number of halogens is 2. The first kappa shape index (κ1) is 20.6. The minimum Gasteiger partial charge on any atom is -0.343 e. The van der Waals surface area contributed by atoms with E-state index in [1.54, 1.807) is 37.3 Å². The van der Waals surface area contributed by atoms with Crippen molar-refractivity contribution >= 4 is 47.0 Å². The number of rotatable bonds is 5. The van der Waals surface area contributed by atoms with Crippen molar-refractivity contribution in [3.8, 4) is 0 Å². The summed E-state index contributed by atoms with van der Waals surface area (Å²) in [5.74, 6) is -2.01. The Morgan fingerprint density at radius 3 is 2.45 bits per heavy atom. The maximum absolute atomic E-state index is 12.7. The van der Waals surface area contributed by atoms with Crippen molar-refractivity contribution in [2.75, 3.05) is 6.54 Å². The van der Waals surface area contributed by atoms with Gasteiger partial charge in [0.1, 0.15) is 5.54 Å². The third-order valence-corrected chi connectivity index (χ3v) is 4.91. The van der Waals surface area contributed by atoms with Crippen LogP contribution in [-0.4, -0.2) is 35.3 Å². The lowest BCUT2D eigenvalue weighted by molar-refractivity contribution is -0.138. The highest BCUT2D eigenvalue weighted by atomic mass is 35.5. The molecular formula is C19H16Cl2N4O4. The van der Waals surface area contributed by atoms with Crippen LogP contribution in [-0.2, 0) is 15.1 Å². The molecule has 10 heteroatoms. The Kier molecular flexibility index (Phi) is 5.76. The van der Waals surface area contributed by atoms with Gasteiger partial charge in [0.25, 0.3) is 17.7 Å². The molecule has 1 atom stereocenters. The molecule has 0 aliphatic carbocycles. The molecular weight excluding hydrogens is 419 g/mol. The minimum absolute atomic E-state index is 0.128. The number of benzene rings is 2. The number of urea groups is 1. The third kappa shape index (κ3) is 4.18. The molecule has 3 rings (SSSR count). The van der Waals surface area contributed by atoms with E-state index in [2.05, 4.69) is 16.1 Å². The molecule has 1 aliphatic heterocycles. The van der Waals surface area contributed by atoms with Crippen LogP contribution in [0.2, 0.25) is 10.0 Å². The number of hydrazine groups is 1. The second-order valence-corrected chi connectivity index (χ2v) is 7.25. The van der Waals surface area contributed by atoms with E-state index in [0.717, 1.165) is 0 Å². The molecule has 1 aliphatic rings. The monoisotopic (exact) mass is 434 g/mol. The number of imide groups is 1. The topological polar surface area (TPSA) is 108 Å². The first-order chi connectivity index (χ1) is 13.7. The normalized spacial score (nSPS) is 18.4. The van der Waals surface area contributed by atoms with Gasteiger partial charge in [0.15, 0.2) is 0 Å². The van der Waals surface area contributed by atoms with Gasteiger partial charge in [0.2, 0.25) is 0 Å². The number of nitrogens with one attached hydrogen (secondary N) is 3. The average molecular weight is 435 g/mol. The highest BCUT2D eigenvalue weighted by molar-refractivity contribution is 6.36. The van der Waals surface area contributed by atoms with E-state index in [-0.39, 0.29) is 10.6 Å². The zero-order valence-electron chi connectivity index (χ0n) is 15.2. The molecule has 0 saturated carbocycles. The number of nitrogens with zero attached hydrogens (tertiary/aromatic N) is 1. The smallest absolute Gasteiger partial charge is 0.343 e. The van der Waals surface area contributed by atoms with Crippen molar-refractivity contribution in [3.63, 3.8) is 0 Å². The predicted molar refractivity (Wildman–Crippen MR) is 106 cm³/mol. The van der Waals surface area contributed by atoms with Gasteiger partial charge < -0.3 is 10.6 Å². The van der Waals surface area contributed by atoms with E-state index in [9.17, 15) is 19.2 Å². The lowest BCUT2D eigenvalue weighted by Crippen LogP contribution is -2.50. The third-order valence-electron chi connectivity index (χ3n) is 4.36. The first-order valence-electron chi connectivity index (χ1n) is 8.47. The molecule has 1 heterocycles. The Balaban J connectivity index is 1.63. The van der Waals surface area contributed by atoms with Gasteiger partial charge in [0.05, 0.1) is 17.1 Å². The Morgan fingerprint density at radius 1 is 1.10 bits per heavy atom. The quantitative estimate of drug-likeness (QED) is 0.626. The lowest BCUT2D eigenvalue weighted by atomic mass is 9.92. The summed E-state index contributed by atoms with van der Waals surface area (Å²) in [7, 11) is 0. The number of hydrogen-bond acceptors (Lipinski definition) is 4. The predicted octanol–water partition coefficient (Wildman–Crippen LogP) is 2.22. The molecule has 29 heavy (non-hydrogen) atoms. The van der Waals surface area contributed by atoms with Gasteiger partial charge in [-0.3, -0.25) is 19.8 Å². The summed E-state index contributed by atoms with van der Waals surface area (Å²) in [5, 5.41) is 6.01. The molecule has 150 valence electrons. The van der Waals surface area contributed by atoms with Crippen LogP contribution in [0.1, 0.15) is 22.8 Å². The largest absolute Gasteiger partial charge is 0.344 e. The fraction of sp³-hybridized carbons (Fsp3) is 0.158. The first-order valence-corrected chi connectivity index (χ1v) is 9.23. The van der Waals surface area contributed by atoms with Crippen molar-refractivity contribution in [1.29, 1.82) is 0 Å². The summed E-state index contributed by atoms with van der Waals surface area (Å²) in [6.45, 7) is 1.07.